The van der Waals surface area contributed by atoms with Crippen molar-refractivity contribution < 1.29 is 9.59 Å². The molecule has 1 aromatic heterocycles. The lowest BCUT2D eigenvalue weighted by Crippen LogP contribution is -2.45. The van der Waals surface area contributed by atoms with Crippen LogP contribution in [0.25, 0.3) is 0 Å². The van der Waals surface area contributed by atoms with Gasteiger partial charge >= 0.3 is 0 Å². The summed E-state index contributed by atoms with van der Waals surface area (Å²) in [7, 11) is 1.82. The van der Waals surface area contributed by atoms with Gasteiger partial charge in [-0.15, -0.1) is 0 Å². The van der Waals surface area contributed by atoms with Crippen molar-refractivity contribution in [2.75, 3.05) is 19.6 Å². The van der Waals surface area contributed by atoms with Crippen LogP contribution in [0.2, 0.25) is 0 Å². The van der Waals surface area contributed by atoms with E-state index in [4.69, 9.17) is 5.73 Å². The minimum absolute atomic E-state index is 0.0378. The number of primary amides is 1. The zero-order valence-electron chi connectivity index (χ0n) is 14.0. The normalized spacial score (nSPS) is 18.1. The number of aromatic nitrogens is 3. The maximum atomic E-state index is 12.3. The van der Waals surface area contributed by atoms with Gasteiger partial charge in [-0.25, -0.2) is 4.98 Å². The van der Waals surface area contributed by atoms with E-state index in [1.165, 1.54) is 6.33 Å². The smallest absolute Gasteiger partial charge is 0.234 e. The van der Waals surface area contributed by atoms with E-state index in [2.05, 4.69) is 20.3 Å². The Balaban J connectivity index is 1.88. The monoisotopic (exact) mass is 322 g/mol. The molecule has 0 unspecified atom stereocenters. The third-order valence-electron chi connectivity index (χ3n) is 4.36. The molecular formula is C15H26N6O2. The van der Waals surface area contributed by atoms with Crippen LogP contribution in [-0.2, 0) is 16.6 Å². The van der Waals surface area contributed by atoms with Crippen molar-refractivity contribution >= 4 is 11.8 Å². The van der Waals surface area contributed by atoms with E-state index in [0.29, 0.717) is 6.54 Å². The Labute approximate surface area is 136 Å². The van der Waals surface area contributed by atoms with Gasteiger partial charge in [0.2, 0.25) is 11.8 Å². The third kappa shape index (κ3) is 4.51. The van der Waals surface area contributed by atoms with Crippen molar-refractivity contribution in [2.45, 2.75) is 32.7 Å². The van der Waals surface area contributed by atoms with Crippen molar-refractivity contribution in [3.63, 3.8) is 0 Å². The van der Waals surface area contributed by atoms with Gasteiger partial charge in [0, 0.05) is 13.0 Å². The standard InChI is InChI=1S/C15H26N6O2/c1-10(2)13(15-17-9-18-20(15)3)19-12(22)8-21-6-4-11(5-7-21)14(16)23/h9-11,13H,4-8H2,1-3H3,(H2,16,23)(H,19,22)/t13-/m1/s1. The number of carbonyl (C=O) groups excluding carboxylic acids is 2. The molecular weight excluding hydrogens is 296 g/mol. The molecule has 0 radical (unpaired) electrons. The van der Waals surface area contributed by atoms with Crippen molar-refractivity contribution in [1.29, 1.82) is 0 Å². The van der Waals surface area contributed by atoms with Crippen molar-refractivity contribution in [3.05, 3.63) is 12.2 Å². The highest BCUT2D eigenvalue weighted by atomic mass is 16.2. The largest absolute Gasteiger partial charge is 0.369 e. The number of aryl methyl sites for hydroxylation is 1. The Morgan fingerprint density at radius 2 is 2.04 bits per heavy atom. The topological polar surface area (TPSA) is 106 Å². The van der Waals surface area contributed by atoms with Crippen LogP contribution in [0.1, 0.15) is 38.6 Å². The zero-order valence-corrected chi connectivity index (χ0v) is 14.0. The summed E-state index contributed by atoms with van der Waals surface area (Å²) < 4.78 is 1.68. The fourth-order valence-corrected chi connectivity index (χ4v) is 2.91. The summed E-state index contributed by atoms with van der Waals surface area (Å²) in [5.74, 6) is 0.625. The lowest BCUT2D eigenvalue weighted by Gasteiger charge is -2.30. The van der Waals surface area contributed by atoms with Crippen LogP contribution in [-0.4, -0.2) is 51.1 Å². The number of amides is 2. The summed E-state index contributed by atoms with van der Waals surface area (Å²) in [6, 6.07) is -0.168. The summed E-state index contributed by atoms with van der Waals surface area (Å²) in [6.45, 7) is 5.84. The van der Waals surface area contributed by atoms with E-state index in [1.807, 2.05) is 20.9 Å². The molecule has 0 spiro atoms. The summed E-state index contributed by atoms with van der Waals surface area (Å²) in [4.78, 5) is 29.8. The number of carbonyl (C=O) groups is 2. The number of piperidine rings is 1. The van der Waals surface area contributed by atoms with Gasteiger partial charge in [-0.3, -0.25) is 19.2 Å². The lowest BCUT2D eigenvalue weighted by molar-refractivity contribution is -0.124. The highest BCUT2D eigenvalue weighted by molar-refractivity contribution is 5.79. The number of nitrogens with two attached hydrogens (primary N) is 1. The molecule has 1 saturated heterocycles. The fourth-order valence-electron chi connectivity index (χ4n) is 2.91. The van der Waals surface area contributed by atoms with Gasteiger partial charge in [-0.1, -0.05) is 13.8 Å². The number of likely N-dealkylation sites (tertiary alicyclic amines) is 1. The van der Waals surface area contributed by atoms with Crippen LogP contribution in [0, 0.1) is 11.8 Å². The minimum atomic E-state index is -0.240. The Bertz CT molecular complexity index is 548. The predicted octanol–water partition coefficient (Wildman–Crippen LogP) is -0.174. The van der Waals surface area contributed by atoms with Gasteiger partial charge in [-0.05, 0) is 31.8 Å². The van der Waals surface area contributed by atoms with E-state index in [1.54, 1.807) is 4.68 Å². The van der Waals surface area contributed by atoms with E-state index >= 15 is 0 Å². The summed E-state index contributed by atoms with van der Waals surface area (Å²) in [6.07, 6.45) is 2.94. The molecule has 8 heteroatoms. The summed E-state index contributed by atoms with van der Waals surface area (Å²) in [5, 5.41) is 7.11. The molecule has 8 nitrogen and oxygen atoms in total. The van der Waals surface area contributed by atoms with Crippen LogP contribution >= 0.6 is 0 Å². The number of hydrogen-bond donors (Lipinski definition) is 2. The molecule has 1 aliphatic rings. The number of rotatable bonds is 6. The molecule has 23 heavy (non-hydrogen) atoms. The highest BCUT2D eigenvalue weighted by Crippen LogP contribution is 2.19. The van der Waals surface area contributed by atoms with Gasteiger partial charge in [0.05, 0.1) is 12.6 Å². The molecule has 128 valence electrons. The quantitative estimate of drug-likeness (QED) is 0.756. The Morgan fingerprint density at radius 1 is 1.39 bits per heavy atom. The Kier molecular flexibility index (Phi) is 5.70. The number of hydrogen-bond acceptors (Lipinski definition) is 5. The average molecular weight is 322 g/mol. The first-order valence-electron chi connectivity index (χ1n) is 8.03. The molecule has 1 atom stereocenters. The van der Waals surface area contributed by atoms with E-state index in [9.17, 15) is 9.59 Å². The summed E-state index contributed by atoms with van der Waals surface area (Å²) in [5.41, 5.74) is 5.33. The minimum Gasteiger partial charge on any atom is -0.369 e. The first kappa shape index (κ1) is 17.4. The van der Waals surface area contributed by atoms with Crippen molar-refractivity contribution in [1.82, 2.24) is 25.0 Å². The van der Waals surface area contributed by atoms with Gasteiger partial charge in [0.15, 0.2) is 0 Å². The van der Waals surface area contributed by atoms with Crippen LogP contribution < -0.4 is 11.1 Å². The van der Waals surface area contributed by atoms with Crippen LogP contribution in [0.4, 0.5) is 0 Å². The maximum Gasteiger partial charge on any atom is 0.234 e. The van der Waals surface area contributed by atoms with E-state index < -0.39 is 0 Å². The second kappa shape index (κ2) is 7.54. The number of nitrogens with zero attached hydrogens (tertiary/aromatic N) is 4. The van der Waals surface area contributed by atoms with Crippen LogP contribution in [0.3, 0.4) is 0 Å². The average Bonchev–Trinajstić information content (AvgIpc) is 2.91. The van der Waals surface area contributed by atoms with E-state index in [-0.39, 0.29) is 29.7 Å². The third-order valence-corrected chi connectivity index (χ3v) is 4.36. The second-order valence-electron chi connectivity index (χ2n) is 6.48. The van der Waals surface area contributed by atoms with Gasteiger partial charge in [0.25, 0.3) is 0 Å². The zero-order chi connectivity index (χ0) is 17.0. The van der Waals surface area contributed by atoms with Crippen LogP contribution in [0.5, 0.6) is 0 Å². The molecule has 0 saturated carbocycles. The molecule has 0 bridgehead atoms. The van der Waals surface area contributed by atoms with Gasteiger partial charge in [-0.2, -0.15) is 5.10 Å². The molecule has 2 heterocycles. The number of nitrogens with one attached hydrogen (secondary N) is 1. The van der Waals surface area contributed by atoms with Crippen molar-refractivity contribution in [2.24, 2.45) is 24.6 Å². The van der Waals surface area contributed by atoms with Crippen LogP contribution in [0.15, 0.2) is 6.33 Å². The van der Waals surface area contributed by atoms with Gasteiger partial charge in [0.1, 0.15) is 12.2 Å². The maximum absolute atomic E-state index is 12.3. The molecule has 1 fully saturated rings. The first-order chi connectivity index (χ1) is 10.9. The second-order valence-corrected chi connectivity index (χ2v) is 6.48. The Hall–Kier alpha value is -1.96. The van der Waals surface area contributed by atoms with Gasteiger partial charge < -0.3 is 11.1 Å². The first-order valence-corrected chi connectivity index (χ1v) is 8.03. The molecule has 1 aliphatic heterocycles. The molecule has 2 amide bonds. The lowest BCUT2D eigenvalue weighted by atomic mass is 9.96. The highest BCUT2D eigenvalue weighted by Gasteiger charge is 2.26. The Morgan fingerprint density at radius 3 is 2.52 bits per heavy atom. The molecule has 2 rings (SSSR count). The summed E-state index contributed by atoms with van der Waals surface area (Å²) >= 11 is 0. The molecule has 0 aliphatic carbocycles. The fraction of sp³-hybridized carbons (Fsp3) is 0.733. The molecule has 0 aromatic carbocycles. The molecule has 3 N–H and O–H groups in total. The van der Waals surface area contributed by atoms with Crippen molar-refractivity contribution in [3.8, 4) is 0 Å². The predicted molar refractivity (Wildman–Crippen MR) is 85.1 cm³/mol. The van der Waals surface area contributed by atoms with E-state index in [0.717, 1.165) is 31.8 Å². The SMILES string of the molecule is CC(C)[C@@H](NC(=O)CN1CCC(C(N)=O)CC1)c1ncnn1C. The molecule has 1 aromatic rings.